The summed E-state index contributed by atoms with van der Waals surface area (Å²) in [7, 11) is 0. The zero-order valence-electron chi connectivity index (χ0n) is 9.48. The minimum Gasteiger partial charge on any atom is -0.271 e. The maximum atomic E-state index is 13.3. The second kappa shape index (κ2) is 5.86. The van der Waals surface area contributed by atoms with Crippen LogP contribution in [0.1, 0.15) is 17.4 Å². The summed E-state index contributed by atoms with van der Waals surface area (Å²) in [5.74, 6) is 5.59. The highest BCUT2D eigenvalue weighted by Crippen LogP contribution is 2.19. The van der Waals surface area contributed by atoms with Crippen molar-refractivity contribution in [3.8, 4) is 0 Å². The van der Waals surface area contributed by atoms with Gasteiger partial charge < -0.3 is 0 Å². The van der Waals surface area contributed by atoms with Crippen LogP contribution in [0.3, 0.4) is 0 Å². The molecule has 1 atom stereocenters. The van der Waals surface area contributed by atoms with Crippen molar-refractivity contribution in [3.63, 3.8) is 0 Å². The minimum absolute atomic E-state index is 0.104. The van der Waals surface area contributed by atoms with E-state index in [9.17, 15) is 4.39 Å². The number of halogens is 2. The number of benzene rings is 1. The zero-order valence-corrected chi connectivity index (χ0v) is 10.2. The molecule has 4 nitrogen and oxygen atoms in total. The third-order valence-electron chi connectivity index (χ3n) is 2.52. The van der Waals surface area contributed by atoms with Gasteiger partial charge in [0.15, 0.2) is 0 Å². The molecule has 94 valence electrons. The van der Waals surface area contributed by atoms with Gasteiger partial charge in [-0.15, -0.1) is 0 Å². The van der Waals surface area contributed by atoms with Gasteiger partial charge in [-0.05, 0) is 30.2 Å². The van der Waals surface area contributed by atoms with Gasteiger partial charge >= 0.3 is 0 Å². The lowest BCUT2D eigenvalue weighted by Gasteiger charge is -2.14. The van der Waals surface area contributed by atoms with Crippen molar-refractivity contribution in [1.82, 2.24) is 15.4 Å². The summed E-state index contributed by atoms with van der Waals surface area (Å²) >= 11 is 5.63. The molecule has 6 heteroatoms. The van der Waals surface area contributed by atoms with E-state index in [1.165, 1.54) is 12.1 Å². The molecule has 0 fully saturated rings. The molecule has 0 aliphatic heterocycles. The summed E-state index contributed by atoms with van der Waals surface area (Å²) in [4.78, 5) is 8.23. The molecule has 0 aliphatic rings. The molecule has 0 aliphatic carbocycles. The average molecular weight is 267 g/mol. The van der Waals surface area contributed by atoms with E-state index >= 15 is 0 Å². The predicted octanol–water partition coefficient (Wildman–Crippen LogP) is 2.02. The Morgan fingerprint density at radius 2 is 2.06 bits per heavy atom. The molecule has 1 aromatic carbocycles. The van der Waals surface area contributed by atoms with Crippen molar-refractivity contribution in [1.29, 1.82) is 0 Å². The Morgan fingerprint density at radius 1 is 1.33 bits per heavy atom. The van der Waals surface area contributed by atoms with Gasteiger partial charge in [0.1, 0.15) is 11.6 Å². The first-order valence-corrected chi connectivity index (χ1v) is 5.75. The van der Waals surface area contributed by atoms with Crippen molar-refractivity contribution in [2.45, 2.75) is 12.5 Å². The lowest BCUT2D eigenvalue weighted by Crippen LogP contribution is -2.31. The van der Waals surface area contributed by atoms with Crippen LogP contribution in [0.5, 0.6) is 0 Å². The Balaban J connectivity index is 2.18. The maximum Gasteiger partial charge on any atom is 0.146 e. The summed E-state index contributed by atoms with van der Waals surface area (Å²) in [5.41, 5.74) is 3.39. The van der Waals surface area contributed by atoms with Crippen LogP contribution in [0.2, 0.25) is 5.02 Å². The first-order chi connectivity index (χ1) is 8.70. The summed E-state index contributed by atoms with van der Waals surface area (Å²) in [5, 5.41) is 0.104. The minimum atomic E-state index is -0.445. The van der Waals surface area contributed by atoms with Crippen molar-refractivity contribution in [2.75, 3.05) is 0 Å². The molecule has 0 bridgehead atoms. The molecule has 2 rings (SSSR count). The fourth-order valence-corrected chi connectivity index (χ4v) is 1.74. The fourth-order valence-electron chi connectivity index (χ4n) is 1.62. The molecule has 0 amide bonds. The number of rotatable bonds is 4. The molecule has 3 N–H and O–H groups in total. The fraction of sp³-hybridized carbons (Fsp3) is 0.167. The van der Waals surface area contributed by atoms with Gasteiger partial charge in [-0.3, -0.25) is 5.84 Å². The number of nitrogens with two attached hydrogens (primary N) is 1. The van der Waals surface area contributed by atoms with Crippen molar-refractivity contribution in [3.05, 3.63) is 58.9 Å². The SMILES string of the molecule is NNC(Cc1ccc(Cl)c(F)c1)c1ncccn1. The number of hydrogen-bond donors (Lipinski definition) is 2. The summed E-state index contributed by atoms with van der Waals surface area (Å²) < 4.78 is 13.3. The van der Waals surface area contributed by atoms with Crippen LogP contribution in [-0.4, -0.2) is 9.97 Å². The first kappa shape index (κ1) is 12.9. The molecule has 1 heterocycles. The Morgan fingerprint density at radius 3 is 2.67 bits per heavy atom. The van der Waals surface area contributed by atoms with Crippen molar-refractivity contribution < 1.29 is 4.39 Å². The average Bonchev–Trinajstić information content (AvgIpc) is 2.41. The van der Waals surface area contributed by atoms with Crippen LogP contribution in [-0.2, 0) is 6.42 Å². The molecule has 0 radical (unpaired) electrons. The number of nitrogens with one attached hydrogen (secondary N) is 1. The Kier molecular flexibility index (Phi) is 4.19. The second-order valence-corrected chi connectivity index (χ2v) is 4.19. The Bertz CT molecular complexity index is 521. The largest absolute Gasteiger partial charge is 0.271 e. The van der Waals surface area contributed by atoms with E-state index in [0.29, 0.717) is 12.2 Å². The first-order valence-electron chi connectivity index (χ1n) is 5.37. The lowest BCUT2D eigenvalue weighted by atomic mass is 10.1. The van der Waals surface area contributed by atoms with Crippen LogP contribution < -0.4 is 11.3 Å². The zero-order chi connectivity index (χ0) is 13.0. The highest BCUT2D eigenvalue weighted by molar-refractivity contribution is 6.30. The van der Waals surface area contributed by atoms with Crippen LogP contribution >= 0.6 is 11.6 Å². The van der Waals surface area contributed by atoms with E-state index in [0.717, 1.165) is 5.56 Å². The molecular formula is C12H12ClFN4. The van der Waals surface area contributed by atoms with Crippen LogP contribution in [0.15, 0.2) is 36.7 Å². The van der Waals surface area contributed by atoms with E-state index in [1.54, 1.807) is 24.5 Å². The maximum absolute atomic E-state index is 13.3. The van der Waals surface area contributed by atoms with Gasteiger partial charge in [-0.2, -0.15) is 0 Å². The van der Waals surface area contributed by atoms with Gasteiger partial charge in [0.25, 0.3) is 0 Å². The number of hydrogen-bond acceptors (Lipinski definition) is 4. The lowest BCUT2D eigenvalue weighted by molar-refractivity contribution is 0.520. The van der Waals surface area contributed by atoms with E-state index in [4.69, 9.17) is 17.4 Å². The van der Waals surface area contributed by atoms with E-state index in [-0.39, 0.29) is 11.1 Å². The molecule has 0 saturated heterocycles. The topological polar surface area (TPSA) is 63.8 Å². The molecule has 1 unspecified atom stereocenters. The van der Waals surface area contributed by atoms with Crippen LogP contribution in [0.4, 0.5) is 4.39 Å². The molecule has 2 aromatic rings. The van der Waals surface area contributed by atoms with Gasteiger partial charge in [0.05, 0.1) is 11.1 Å². The number of aromatic nitrogens is 2. The molecular weight excluding hydrogens is 255 g/mol. The quantitative estimate of drug-likeness (QED) is 0.656. The predicted molar refractivity (Wildman–Crippen MR) is 67.2 cm³/mol. The van der Waals surface area contributed by atoms with E-state index in [2.05, 4.69) is 15.4 Å². The molecule has 18 heavy (non-hydrogen) atoms. The van der Waals surface area contributed by atoms with Crippen molar-refractivity contribution >= 4 is 11.6 Å². The van der Waals surface area contributed by atoms with Gasteiger partial charge in [0.2, 0.25) is 0 Å². The molecule has 0 saturated carbocycles. The Hall–Kier alpha value is -1.56. The molecule has 0 spiro atoms. The highest BCUT2D eigenvalue weighted by atomic mass is 35.5. The highest BCUT2D eigenvalue weighted by Gasteiger charge is 2.13. The van der Waals surface area contributed by atoms with Gasteiger partial charge in [0, 0.05) is 12.4 Å². The summed E-state index contributed by atoms with van der Waals surface area (Å²) in [6.07, 6.45) is 3.75. The third-order valence-corrected chi connectivity index (χ3v) is 2.83. The molecule has 1 aromatic heterocycles. The second-order valence-electron chi connectivity index (χ2n) is 3.78. The third kappa shape index (κ3) is 3.01. The number of hydrazine groups is 1. The van der Waals surface area contributed by atoms with Gasteiger partial charge in [-0.1, -0.05) is 17.7 Å². The standard InChI is InChI=1S/C12H12ClFN4/c13-9-3-2-8(6-10(9)14)7-11(18-15)12-16-4-1-5-17-12/h1-6,11,18H,7,15H2. The number of nitrogens with zero attached hydrogens (tertiary/aromatic N) is 2. The van der Waals surface area contributed by atoms with E-state index in [1.807, 2.05) is 0 Å². The van der Waals surface area contributed by atoms with Crippen molar-refractivity contribution in [2.24, 2.45) is 5.84 Å². The summed E-state index contributed by atoms with van der Waals surface area (Å²) in [6.45, 7) is 0. The van der Waals surface area contributed by atoms with Gasteiger partial charge in [-0.25, -0.2) is 19.8 Å². The Labute approximate surface area is 109 Å². The summed E-state index contributed by atoms with van der Waals surface area (Å²) in [6, 6.07) is 6.10. The van der Waals surface area contributed by atoms with Crippen LogP contribution in [0, 0.1) is 5.82 Å². The van der Waals surface area contributed by atoms with Crippen LogP contribution in [0.25, 0.3) is 0 Å². The smallest absolute Gasteiger partial charge is 0.146 e. The normalized spacial score (nSPS) is 12.4. The van der Waals surface area contributed by atoms with E-state index < -0.39 is 5.82 Å². The monoisotopic (exact) mass is 266 g/mol.